The molecule has 0 fully saturated rings. The van der Waals surface area contributed by atoms with Gasteiger partial charge in [-0.15, -0.1) is 0 Å². The minimum absolute atomic E-state index is 0.756. The molecule has 3 heteroatoms. The van der Waals surface area contributed by atoms with E-state index in [2.05, 4.69) is 5.32 Å². The van der Waals surface area contributed by atoms with Crippen molar-refractivity contribution in [2.75, 3.05) is 19.6 Å². The molecule has 0 unspecified atom stereocenters. The molecule has 3 N–H and O–H groups in total. The number of hydrogen-bond acceptors (Lipinski definition) is 2. The molecule has 0 aromatic rings. The zero-order chi connectivity index (χ0) is 6.24. The highest BCUT2D eigenvalue weighted by molar-refractivity contribution is 6.08. The van der Waals surface area contributed by atoms with Crippen molar-refractivity contribution in [1.29, 1.82) is 0 Å². The molecule has 49 valence electrons. The van der Waals surface area contributed by atoms with Crippen molar-refractivity contribution < 1.29 is 0 Å². The summed E-state index contributed by atoms with van der Waals surface area (Å²) in [5, 5.41) is 3.22. The quantitative estimate of drug-likeness (QED) is 0.370. The van der Waals surface area contributed by atoms with Gasteiger partial charge in [-0.2, -0.15) is 0 Å². The van der Waals surface area contributed by atoms with Crippen LogP contribution in [0.25, 0.3) is 0 Å². The van der Waals surface area contributed by atoms with Crippen molar-refractivity contribution in [1.82, 2.24) is 5.32 Å². The third-order valence-corrected chi connectivity index (χ3v) is 1.42. The summed E-state index contributed by atoms with van der Waals surface area (Å²) >= 11 is 0. The van der Waals surface area contributed by atoms with Crippen LogP contribution in [0.2, 0.25) is 6.04 Å². The largest absolute Gasteiger partial charge is 0.329 e. The highest BCUT2D eigenvalue weighted by Crippen LogP contribution is 1.78. The second kappa shape index (κ2) is 7.14. The maximum absolute atomic E-state index is 5.25. The van der Waals surface area contributed by atoms with Gasteiger partial charge in [0.05, 0.1) is 0 Å². The Morgan fingerprint density at radius 3 is 2.62 bits per heavy atom. The third-order valence-electron chi connectivity index (χ3n) is 0.925. The first-order valence-corrected chi connectivity index (χ1v) is 4.12. The van der Waals surface area contributed by atoms with Crippen molar-refractivity contribution in [3.63, 3.8) is 0 Å². The fourth-order valence-electron chi connectivity index (χ4n) is 0.477. The maximum atomic E-state index is 5.25. The van der Waals surface area contributed by atoms with Gasteiger partial charge in [-0.1, -0.05) is 6.04 Å². The van der Waals surface area contributed by atoms with E-state index in [0.717, 1.165) is 19.6 Å². The van der Waals surface area contributed by atoms with E-state index in [-0.39, 0.29) is 0 Å². The molecule has 0 bridgehead atoms. The van der Waals surface area contributed by atoms with E-state index in [4.69, 9.17) is 5.73 Å². The lowest BCUT2D eigenvalue weighted by molar-refractivity contribution is 0.678. The van der Waals surface area contributed by atoms with Crippen molar-refractivity contribution in [3.05, 3.63) is 0 Å². The average molecular weight is 131 g/mol. The molecular weight excluding hydrogens is 116 g/mol. The lowest BCUT2D eigenvalue weighted by atomic mass is 10.5. The Morgan fingerprint density at radius 2 is 2.12 bits per heavy atom. The minimum Gasteiger partial charge on any atom is -0.329 e. The topological polar surface area (TPSA) is 38.0 Å². The highest BCUT2D eigenvalue weighted by atomic mass is 28.1. The first-order valence-electron chi connectivity index (χ1n) is 3.12. The number of nitrogens with one attached hydrogen (secondary N) is 1. The third kappa shape index (κ3) is 6.14. The Kier molecular flexibility index (Phi) is 7.26. The Balaban J connectivity index is 2.53. The van der Waals surface area contributed by atoms with Gasteiger partial charge in [-0.3, -0.25) is 0 Å². The molecule has 8 heavy (non-hydrogen) atoms. The summed E-state index contributed by atoms with van der Waals surface area (Å²) in [6.07, 6.45) is 1.28. The molecule has 0 rings (SSSR count). The predicted octanol–water partition coefficient (Wildman–Crippen LogP) is -1.02. The van der Waals surface area contributed by atoms with E-state index >= 15 is 0 Å². The summed E-state index contributed by atoms with van der Waals surface area (Å²) in [4.78, 5) is 0. The zero-order valence-corrected chi connectivity index (χ0v) is 6.73. The SMILES string of the molecule is NCCNCCC[SiH2]. The van der Waals surface area contributed by atoms with Gasteiger partial charge < -0.3 is 11.1 Å². The fraction of sp³-hybridized carbons (Fsp3) is 1.00. The summed E-state index contributed by atoms with van der Waals surface area (Å²) in [6.45, 7) is 2.84. The molecule has 0 saturated carbocycles. The molecule has 2 nitrogen and oxygen atoms in total. The average Bonchev–Trinajstić information content (AvgIpc) is 1.81. The van der Waals surface area contributed by atoms with Gasteiger partial charge in [-0.25, -0.2) is 0 Å². The minimum atomic E-state index is 0.756. The lowest BCUT2D eigenvalue weighted by Gasteiger charge is -1.98. The molecule has 0 atom stereocenters. The maximum Gasteiger partial charge on any atom is 0.00803 e. The van der Waals surface area contributed by atoms with Crippen LogP contribution < -0.4 is 11.1 Å². The molecule has 0 aliphatic rings. The molecular formula is C5H15N2Si. The van der Waals surface area contributed by atoms with Gasteiger partial charge in [0.2, 0.25) is 0 Å². The molecule has 0 spiro atoms. The van der Waals surface area contributed by atoms with Gasteiger partial charge in [0.1, 0.15) is 0 Å². The highest BCUT2D eigenvalue weighted by Gasteiger charge is 1.80. The number of hydrogen-bond donors (Lipinski definition) is 2. The van der Waals surface area contributed by atoms with Gasteiger partial charge in [0.25, 0.3) is 0 Å². The van der Waals surface area contributed by atoms with Crippen molar-refractivity contribution in [2.45, 2.75) is 12.5 Å². The summed E-state index contributed by atoms with van der Waals surface area (Å²) in [6, 6.07) is 1.29. The summed E-state index contributed by atoms with van der Waals surface area (Å²) in [7, 11) is 2.01. The normalized spacial score (nSPS) is 9.75. The molecule has 0 saturated heterocycles. The Bertz CT molecular complexity index is 35.4. The number of nitrogens with two attached hydrogens (primary N) is 1. The van der Waals surface area contributed by atoms with Crippen LogP contribution >= 0.6 is 0 Å². The van der Waals surface area contributed by atoms with E-state index in [1.165, 1.54) is 12.5 Å². The Morgan fingerprint density at radius 1 is 1.38 bits per heavy atom. The van der Waals surface area contributed by atoms with Gasteiger partial charge in [0.15, 0.2) is 0 Å². The van der Waals surface area contributed by atoms with Crippen LogP contribution in [0.1, 0.15) is 6.42 Å². The van der Waals surface area contributed by atoms with Crippen LogP contribution in [0.15, 0.2) is 0 Å². The van der Waals surface area contributed by atoms with Crippen LogP contribution in [0.3, 0.4) is 0 Å². The summed E-state index contributed by atoms with van der Waals surface area (Å²) in [5.41, 5.74) is 5.25. The first-order chi connectivity index (χ1) is 3.91. The van der Waals surface area contributed by atoms with Crippen LogP contribution in [0, 0.1) is 0 Å². The zero-order valence-electron chi connectivity index (χ0n) is 5.32. The van der Waals surface area contributed by atoms with E-state index < -0.39 is 0 Å². The molecule has 0 aliphatic carbocycles. The van der Waals surface area contributed by atoms with Gasteiger partial charge >= 0.3 is 0 Å². The van der Waals surface area contributed by atoms with Crippen LogP contribution in [0.5, 0.6) is 0 Å². The second-order valence-corrected chi connectivity index (χ2v) is 2.45. The molecule has 0 aliphatic heterocycles. The second-order valence-electron chi connectivity index (χ2n) is 1.75. The van der Waals surface area contributed by atoms with Crippen LogP contribution in [-0.4, -0.2) is 29.9 Å². The van der Waals surface area contributed by atoms with Crippen molar-refractivity contribution in [3.8, 4) is 0 Å². The predicted molar refractivity (Wildman–Crippen MR) is 39.9 cm³/mol. The molecule has 0 amide bonds. The van der Waals surface area contributed by atoms with Crippen LogP contribution in [0.4, 0.5) is 0 Å². The molecule has 0 aromatic carbocycles. The number of rotatable bonds is 5. The van der Waals surface area contributed by atoms with Crippen molar-refractivity contribution >= 4 is 10.2 Å². The summed E-state index contributed by atoms with van der Waals surface area (Å²) in [5.74, 6) is 0. The first kappa shape index (κ1) is 8.14. The van der Waals surface area contributed by atoms with E-state index in [1.54, 1.807) is 0 Å². The van der Waals surface area contributed by atoms with Gasteiger partial charge in [0, 0.05) is 23.3 Å². The van der Waals surface area contributed by atoms with E-state index in [0.29, 0.717) is 0 Å². The lowest BCUT2D eigenvalue weighted by Crippen LogP contribution is -2.23. The van der Waals surface area contributed by atoms with Gasteiger partial charge in [-0.05, 0) is 13.0 Å². The Hall–Kier alpha value is 0.137. The summed E-state index contributed by atoms with van der Waals surface area (Å²) < 4.78 is 0. The van der Waals surface area contributed by atoms with Crippen LogP contribution in [-0.2, 0) is 0 Å². The fourth-order valence-corrected chi connectivity index (χ4v) is 0.727. The van der Waals surface area contributed by atoms with E-state index in [1.807, 2.05) is 10.2 Å². The monoisotopic (exact) mass is 131 g/mol. The molecule has 0 heterocycles. The molecule has 0 aromatic heterocycles. The Labute approximate surface area is 54.3 Å². The molecule has 1 radical (unpaired) electrons. The smallest absolute Gasteiger partial charge is 0.00803 e. The standard InChI is InChI=1S/C5H15N2Si/c6-2-4-7-3-1-5-8/h7H,1-6,8H2. The van der Waals surface area contributed by atoms with Crippen molar-refractivity contribution in [2.24, 2.45) is 5.73 Å². The van der Waals surface area contributed by atoms with E-state index in [9.17, 15) is 0 Å².